The van der Waals surface area contributed by atoms with E-state index in [0.29, 0.717) is 18.1 Å². The highest BCUT2D eigenvalue weighted by Crippen LogP contribution is 2.34. The molecule has 1 aliphatic heterocycles. The standard InChI is InChI=1S/C12H19N3O/c1-16-11-3-2-10(4-11)15-8-14-7-12(15)9-5-13-6-9/h7-11,13H,2-6H2,1H3. The van der Waals surface area contributed by atoms with E-state index in [1.165, 1.54) is 18.5 Å². The Balaban J connectivity index is 1.76. The van der Waals surface area contributed by atoms with Gasteiger partial charge in [-0.05, 0) is 19.3 Å². The third-order valence-corrected chi connectivity index (χ3v) is 3.98. The second-order valence-corrected chi connectivity index (χ2v) is 4.91. The number of nitrogens with zero attached hydrogens (tertiary/aromatic N) is 2. The third kappa shape index (κ3) is 1.66. The fraction of sp³-hybridized carbons (Fsp3) is 0.750. The molecule has 0 spiro atoms. The molecule has 2 atom stereocenters. The summed E-state index contributed by atoms with van der Waals surface area (Å²) < 4.78 is 7.81. The molecule has 1 saturated carbocycles. The lowest BCUT2D eigenvalue weighted by Crippen LogP contribution is -2.41. The molecule has 16 heavy (non-hydrogen) atoms. The van der Waals surface area contributed by atoms with Crippen molar-refractivity contribution in [3.8, 4) is 0 Å². The van der Waals surface area contributed by atoms with Crippen LogP contribution in [0.1, 0.15) is 36.9 Å². The molecule has 1 aliphatic carbocycles. The molecule has 3 rings (SSSR count). The van der Waals surface area contributed by atoms with Crippen molar-refractivity contribution in [3.05, 3.63) is 18.2 Å². The van der Waals surface area contributed by atoms with E-state index in [-0.39, 0.29) is 0 Å². The van der Waals surface area contributed by atoms with E-state index >= 15 is 0 Å². The van der Waals surface area contributed by atoms with E-state index in [0.717, 1.165) is 19.5 Å². The molecular formula is C12H19N3O. The van der Waals surface area contributed by atoms with Gasteiger partial charge in [0.1, 0.15) is 0 Å². The Kier molecular flexibility index (Phi) is 2.69. The number of aromatic nitrogens is 2. The predicted octanol–water partition coefficient (Wildman–Crippen LogP) is 1.31. The van der Waals surface area contributed by atoms with Gasteiger partial charge >= 0.3 is 0 Å². The van der Waals surface area contributed by atoms with Gasteiger partial charge < -0.3 is 14.6 Å². The van der Waals surface area contributed by atoms with Gasteiger partial charge in [-0.3, -0.25) is 0 Å². The molecule has 2 fully saturated rings. The third-order valence-electron chi connectivity index (χ3n) is 3.98. The number of nitrogens with one attached hydrogen (secondary N) is 1. The van der Waals surface area contributed by atoms with E-state index in [9.17, 15) is 0 Å². The van der Waals surface area contributed by atoms with E-state index < -0.39 is 0 Å². The van der Waals surface area contributed by atoms with Crippen LogP contribution in [0.5, 0.6) is 0 Å². The molecular weight excluding hydrogens is 202 g/mol. The monoisotopic (exact) mass is 221 g/mol. The first-order valence-electron chi connectivity index (χ1n) is 6.13. The minimum atomic E-state index is 0.444. The second-order valence-electron chi connectivity index (χ2n) is 4.91. The van der Waals surface area contributed by atoms with Crippen LogP contribution in [0.4, 0.5) is 0 Å². The number of hydrogen-bond donors (Lipinski definition) is 1. The van der Waals surface area contributed by atoms with Crippen LogP contribution < -0.4 is 5.32 Å². The first kappa shape index (κ1) is 10.3. The van der Waals surface area contributed by atoms with E-state index in [1.807, 2.05) is 19.6 Å². The van der Waals surface area contributed by atoms with Crippen molar-refractivity contribution >= 4 is 0 Å². The van der Waals surface area contributed by atoms with Crippen LogP contribution >= 0.6 is 0 Å². The minimum absolute atomic E-state index is 0.444. The van der Waals surface area contributed by atoms with Crippen molar-refractivity contribution < 1.29 is 4.74 Å². The van der Waals surface area contributed by atoms with Crippen LogP contribution in [-0.4, -0.2) is 35.9 Å². The highest BCUT2D eigenvalue weighted by Gasteiger charge is 2.30. The topological polar surface area (TPSA) is 39.1 Å². The van der Waals surface area contributed by atoms with E-state index in [1.54, 1.807) is 0 Å². The van der Waals surface area contributed by atoms with Crippen LogP contribution in [0.2, 0.25) is 0 Å². The normalized spacial score (nSPS) is 30.6. The van der Waals surface area contributed by atoms with Gasteiger partial charge in [-0.1, -0.05) is 0 Å². The Hall–Kier alpha value is -0.870. The van der Waals surface area contributed by atoms with E-state index in [4.69, 9.17) is 4.74 Å². The summed E-state index contributed by atoms with van der Waals surface area (Å²) in [6.07, 6.45) is 8.02. The Morgan fingerprint density at radius 3 is 2.94 bits per heavy atom. The molecule has 2 unspecified atom stereocenters. The summed E-state index contributed by atoms with van der Waals surface area (Å²) in [5.41, 5.74) is 1.40. The van der Waals surface area contributed by atoms with E-state index in [2.05, 4.69) is 14.9 Å². The zero-order chi connectivity index (χ0) is 11.0. The first-order valence-corrected chi connectivity index (χ1v) is 6.13. The van der Waals surface area contributed by atoms with Crippen molar-refractivity contribution in [1.82, 2.24) is 14.9 Å². The van der Waals surface area contributed by atoms with Crippen LogP contribution in [0.25, 0.3) is 0 Å². The zero-order valence-electron chi connectivity index (χ0n) is 9.72. The Bertz CT molecular complexity index is 359. The number of ether oxygens (including phenoxy) is 1. The predicted molar refractivity (Wildman–Crippen MR) is 61.5 cm³/mol. The Morgan fingerprint density at radius 2 is 2.31 bits per heavy atom. The summed E-state index contributed by atoms with van der Waals surface area (Å²) in [4.78, 5) is 4.31. The summed E-state index contributed by atoms with van der Waals surface area (Å²) >= 11 is 0. The Labute approximate surface area is 96.0 Å². The van der Waals surface area contributed by atoms with Crippen molar-refractivity contribution in [2.24, 2.45) is 0 Å². The number of hydrogen-bond acceptors (Lipinski definition) is 3. The second kappa shape index (κ2) is 4.18. The lowest BCUT2D eigenvalue weighted by Gasteiger charge is -2.29. The smallest absolute Gasteiger partial charge is 0.0950 e. The van der Waals surface area contributed by atoms with Gasteiger partial charge in [0.05, 0.1) is 12.4 Å². The van der Waals surface area contributed by atoms with Crippen LogP contribution in [0.3, 0.4) is 0 Å². The summed E-state index contributed by atoms with van der Waals surface area (Å²) in [7, 11) is 1.82. The zero-order valence-corrected chi connectivity index (χ0v) is 9.72. The number of imidazole rings is 1. The molecule has 2 aliphatic rings. The molecule has 0 bridgehead atoms. The van der Waals surface area contributed by atoms with Crippen molar-refractivity contribution in [2.45, 2.75) is 37.3 Å². The highest BCUT2D eigenvalue weighted by molar-refractivity contribution is 5.13. The molecule has 0 aromatic carbocycles. The maximum atomic E-state index is 5.43. The van der Waals surface area contributed by atoms with Gasteiger partial charge in [0.2, 0.25) is 0 Å². The molecule has 0 amide bonds. The van der Waals surface area contributed by atoms with Gasteiger partial charge in [-0.25, -0.2) is 4.98 Å². The SMILES string of the molecule is COC1CCC(n2cncc2C2CNC2)C1. The molecule has 0 radical (unpaired) electrons. The fourth-order valence-electron chi connectivity index (χ4n) is 2.82. The van der Waals surface area contributed by atoms with Crippen LogP contribution in [-0.2, 0) is 4.74 Å². The van der Waals surface area contributed by atoms with Crippen molar-refractivity contribution in [2.75, 3.05) is 20.2 Å². The maximum absolute atomic E-state index is 5.43. The lowest BCUT2D eigenvalue weighted by atomic mass is 9.99. The van der Waals surface area contributed by atoms with Crippen molar-refractivity contribution in [1.29, 1.82) is 0 Å². The highest BCUT2D eigenvalue weighted by atomic mass is 16.5. The molecule has 2 heterocycles. The maximum Gasteiger partial charge on any atom is 0.0950 e. The molecule has 1 saturated heterocycles. The van der Waals surface area contributed by atoms with Gasteiger partial charge in [0.15, 0.2) is 0 Å². The number of methoxy groups -OCH3 is 1. The molecule has 88 valence electrons. The number of rotatable bonds is 3. The summed E-state index contributed by atoms with van der Waals surface area (Å²) in [5, 5.41) is 3.32. The molecule has 4 heteroatoms. The first-order chi connectivity index (χ1) is 7.88. The van der Waals surface area contributed by atoms with Crippen molar-refractivity contribution in [3.63, 3.8) is 0 Å². The van der Waals surface area contributed by atoms with Gasteiger partial charge in [-0.15, -0.1) is 0 Å². The lowest BCUT2D eigenvalue weighted by molar-refractivity contribution is 0.105. The van der Waals surface area contributed by atoms with Crippen LogP contribution in [0, 0.1) is 0 Å². The van der Waals surface area contributed by atoms with Gasteiger partial charge in [-0.2, -0.15) is 0 Å². The average molecular weight is 221 g/mol. The Morgan fingerprint density at radius 1 is 1.44 bits per heavy atom. The molecule has 1 aromatic heterocycles. The van der Waals surface area contributed by atoms with Gasteiger partial charge in [0.25, 0.3) is 0 Å². The molecule has 1 N–H and O–H groups in total. The molecule has 4 nitrogen and oxygen atoms in total. The summed E-state index contributed by atoms with van der Waals surface area (Å²) in [6.45, 7) is 2.21. The largest absolute Gasteiger partial charge is 0.381 e. The van der Waals surface area contributed by atoms with Gasteiger partial charge in [0, 0.05) is 44.0 Å². The summed E-state index contributed by atoms with van der Waals surface area (Å²) in [6, 6.07) is 0.600. The average Bonchev–Trinajstić information content (AvgIpc) is 2.81. The fourth-order valence-corrected chi connectivity index (χ4v) is 2.82. The minimum Gasteiger partial charge on any atom is -0.381 e. The summed E-state index contributed by atoms with van der Waals surface area (Å²) in [5.74, 6) is 0.670. The molecule has 1 aromatic rings. The quantitative estimate of drug-likeness (QED) is 0.836. The van der Waals surface area contributed by atoms with Crippen LogP contribution in [0.15, 0.2) is 12.5 Å².